The molecule has 0 aliphatic heterocycles. The van der Waals surface area contributed by atoms with Crippen LogP contribution in [0.5, 0.6) is 0 Å². The maximum Gasteiger partial charge on any atom is 0.416 e. The molecule has 0 aliphatic carbocycles. The van der Waals surface area contributed by atoms with Crippen molar-refractivity contribution >= 4 is 10.8 Å². The van der Waals surface area contributed by atoms with Gasteiger partial charge in [0.2, 0.25) is 0 Å². The van der Waals surface area contributed by atoms with Crippen molar-refractivity contribution in [2.24, 2.45) is 0 Å². The van der Waals surface area contributed by atoms with Crippen molar-refractivity contribution < 1.29 is 21.9 Å². The summed E-state index contributed by atoms with van der Waals surface area (Å²) in [4.78, 5) is 0. The summed E-state index contributed by atoms with van der Waals surface area (Å²) in [7, 11) is -1.32. The maximum atomic E-state index is 12.6. The normalized spacial score (nSPS) is 13.4. The van der Waals surface area contributed by atoms with Crippen molar-refractivity contribution in [3.63, 3.8) is 0 Å². The predicted molar refractivity (Wildman–Crippen MR) is 73.0 cm³/mol. The van der Waals surface area contributed by atoms with Crippen LogP contribution in [-0.2, 0) is 28.5 Å². The average molecular weight is 317 g/mol. The third-order valence-electron chi connectivity index (χ3n) is 3.07. The lowest BCUT2D eigenvalue weighted by Crippen LogP contribution is -2.06. The van der Waals surface area contributed by atoms with Gasteiger partial charge in [0.1, 0.15) is 5.76 Å². The average Bonchev–Trinajstić information content (AvgIpc) is 2.70. The summed E-state index contributed by atoms with van der Waals surface area (Å²) < 4.78 is 54.9. The summed E-state index contributed by atoms with van der Waals surface area (Å²) in [6.07, 6.45) is -4.39. The Morgan fingerprint density at radius 3 is 2.52 bits per heavy atom. The summed E-state index contributed by atoms with van der Waals surface area (Å²) in [5.41, 5.74) is 1.08. The molecule has 1 heterocycles. The molecular weight excluding hydrogens is 303 g/mol. The van der Waals surface area contributed by atoms with Crippen LogP contribution >= 0.6 is 0 Å². The highest BCUT2D eigenvalue weighted by Crippen LogP contribution is 2.29. The first-order chi connectivity index (χ1) is 9.77. The van der Waals surface area contributed by atoms with Gasteiger partial charge in [0, 0.05) is 22.1 Å². The number of aryl methyl sites for hydroxylation is 2. The van der Waals surface area contributed by atoms with Crippen molar-refractivity contribution in [3.05, 3.63) is 52.4 Å². The first-order valence-electron chi connectivity index (χ1n) is 6.20. The molecule has 0 saturated heterocycles. The van der Waals surface area contributed by atoms with Gasteiger partial charge in [-0.2, -0.15) is 13.2 Å². The van der Waals surface area contributed by atoms with Crippen LogP contribution in [0, 0.1) is 13.8 Å². The van der Waals surface area contributed by atoms with Gasteiger partial charge in [-0.25, -0.2) is 0 Å². The molecule has 0 fully saturated rings. The highest BCUT2D eigenvalue weighted by Gasteiger charge is 2.30. The number of alkyl halides is 3. The zero-order chi connectivity index (χ0) is 15.6. The van der Waals surface area contributed by atoms with E-state index in [-0.39, 0.29) is 11.5 Å². The van der Waals surface area contributed by atoms with E-state index in [1.165, 1.54) is 6.07 Å². The van der Waals surface area contributed by atoms with Crippen LogP contribution in [-0.4, -0.2) is 9.37 Å². The van der Waals surface area contributed by atoms with Crippen LogP contribution in [0.1, 0.15) is 28.1 Å². The number of aromatic nitrogens is 1. The second-order valence-electron chi connectivity index (χ2n) is 4.73. The SMILES string of the molecule is Cc1noc(C)c1CS(=O)Cc1cccc(C(F)(F)F)c1. The molecular formula is C14H14F3NO2S. The molecule has 114 valence electrons. The van der Waals surface area contributed by atoms with E-state index in [0.29, 0.717) is 17.0 Å². The van der Waals surface area contributed by atoms with E-state index in [1.807, 2.05) is 0 Å². The molecule has 2 aromatic rings. The molecule has 1 aromatic carbocycles. The molecule has 0 amide bonds. The Bertz CT molecular complexity index is 645. The summed E-state index contributed by atoms with van der Waals surface area (Å²) in [5, 5.41) is 3.76. The lowest BCUT2D eigenvalue weighted by molar-refractivity contribution is -0.137. The van der Waals surface area contributed by atoms with Crippen LogP contribution in [0.2, 0.25) is 0 Å². The second-order valence-corrected chi connectivity index (χ2v) is 6.19. The van der Waals surface area contributed by atoms with Gasteiger partial charge < -0.3 is 4.52 Å². The smallest absolute Gasteiger partial charge is 0.361 e. The van der Waals surface area contributed by atoms with Crippen LogP contribution in [0.25, 0.3) is 0 Å². The molecule has 2 rings (SSSR count). The van der Waals surface area contributed by atoms with Gasteiger partial charge in [-0.15, -0.1) is 0 Å². The van der Waals surface area contributed by atoms with Crippen molar-refractivity contribution in [1.82, 2.24) is 5.16 Å². The van der Waals surface area contributed by atoms with Crippen LogP contribution < -0.4 is 0 Å². The Morgan fingerprint density at radius 2 is 1.95 bits per heavy atom. The number of hydrogen-bond donors (Lipinski definition) is 0. The zero-order valence-corrected chi connectivity index (χ0v) is 12.3. The van der Waals surface area contributed by atoms with E-state index < -0.39 is 22.5 Å². The van der Waals surface area contributed by atoms with Gasteiger partial charge in [-0.05, 0) is 25.5 Å². The minimum atomic E-state index is -4.39. The van der Waals surface area contributed by atoms with Gasteiger partial charge in [0.25, 0.3) is 0 Å². The minimum absolute atomic E-state index is 0.0635. The molecule has 0 radical (unpaired) electrons. The van der Waals surface area contributed by atoms with Crippen molar-refractivity contribution in [3.8, 4) is 0 Å². The number of halogens is 3. The molecule has 0 bridgehead atoms. The summed E-state index contributed by atoms with van der Waals surface area (Å²) in [6, 6.07) is 4.90. The van der Waals surface area contributed by atoms with E-state index in [4.69, 9.17) is 4.52 Å². The Balaban J connectivity index is 2.10. The van der Waals surface area contributed by atoms with E-state index in [1.54, 1.807) is 19.9 Å². The van der Waals surface area contributed by atoms with E-state index in [9.17, 15) is 17.4 Å². The molecule has 0 spiro atoms. The van der Waals surface area contributed by atoms with Crippen LogP contribution in [0.3, 0.4) is 0 Å². The summed E-state index contributed by atoms with van der Waals surface area (Å²) >= 11 is 0. The number of hydrogen-bond acceptors (Lipinski definition) is 3. The quantitative estimate of drug-likeness (QED) is 0.862. The summed E-state index contributed by atoms with van der Waals surface area (Å²) in [6.45, 7) is 3.46. The van der Waals surface area contributed by atoms with E-state index in [0.717, 1.165) is 17.7 Å². The third kappa shape index (κ3) is 3.93. The lowest BCUT2D eigenvalue weighted by Gasteiger charge is -2.08. The van der Waals surface area contributed by atoms with Crippen molar-refractivity contribution in [1.29, 1.82) is 0 Å². The Labute approximate surface area is 122 Å². The molecule has 3 nitrogen and oxygen atoms in total. The van der Waals surface area contributed by atoms with Gasteiger partial charge in [0.15, 0.2) is 0 Å². The first-order valence-corrected chi connectivity index (χ1v) is 7.69. The van der Waals surface area contributed by atoms with Gasteiger partial charge in [-0.3, -0.25) is 4.21 Å². The minimum Gasteiger partial charge on any atom is -0.361 e. The predicted octanol–water partition coefficient (Wildman–Crippen LogP) is 3.76. The molecule has 7 heteroatoms. The number of nitrogens with zero attached hydrogens (tertiary/aromatic N) is 1. The molecule has 1 atom stereocenters. The Hall–Kier alpha value is -1.63. The third-order valence-corrected chi connectivity index (χ3v) is 4.33. The summed E-state index contributed by atoms with van der Waals surface area (Å²) in [5.74, 6) is 0.871. The van der Waals surface area contributed by atoms with Crippen molar-refractivity contribution in [2.75, 3.05) is 0 Å². The van der Waals surface area contributed by atoms with Gasteiger partial charge >= 0.3 is 6.18 Å². The Morgan fingerprint density at radius 1 is 1.24 bits per heavy atom. The van der Waals surface area contributed by atoms with E-state index in [2.05, 4.69) is 5.16 Å². The fourth-order valence-electron chi connectivity index (χ4n) is 1.94. The highest BCUT2D eigenvalue weighted by molar-refractivity contribution is 7.83. The zero-order valence-electron chi connectivity index (χ0n) is 11.5. The second kappa shape index (κ2) is 6.01. The number of benzene rings is 1. The lowest BCUT2D eigenvalue weighted by atomic mass is 10.1. The standard InChI is InChI=1S/C14H14F3NO2S/c1-9-13(10(2)20-18-9)8-21(19)7-11-4-3-5-12(6-11)14(15,16)17/h3-6H,7-8H2,1-2H3. The highest BCUT2D eigenvalue weighted by atomic mass is 32.2. The first kappa shape index (κ1) is 15.8. The molecule has 1 aromatic heterocycles. The van der Waals surface area contributed by atoms with Gasteiger partial charge in [-0.1, -0.05) is 23.4 Å². The van der Waals surface area contributed by atoms with Crippen LogP contribution in [0.15, 0.2) is 28.8 Å². The maximum absolute atomic E-state index is 12.6. The van der Waals surface area contributed by atoms with E-state index >= 15 is 0 Å². The topological polar surface area (TPSA) is 43.1 Å². The largest absolute Gasteiger partial charge is 0.416 e. The fraction of sp³-hybridized carbons (Fsp3) is 0.357. The molecule has 0 N–H and O–H groups in total. The van der Waals surface area contributed by atoms with Crippen molar-refractivity contribution in [2.45, 2.75) is 31.5 Å². The van der Waals surface area contributed by atoms with Crippen LogP contribution in [0.4, 0.5) is 13.2 Å². The number of rotatable bonds is 4. The van der Waals surface area contributed by atoms with Gasteiger partial charge in [0.05, 0.1) is 17.0 Å². The molecule has 0 saturated carbocycles. The Kier molecular flexibility index (Phi) is 4.51. The fourth-order valence-corrected chi connectivity index (χ4v) is 3.33. The molecule has 1 unspecified atom stereocenters. The monoisotopic (exact) mass is 317 g/mol. The molecule has 0 aliphatic rings. The molecule has 21 heavy (non-hydrogen) atoms.